The Kier molecular flexibility index (Phi) is 2.15. The van der Waals surface area contributed by atoms with Crippen molar-refractivity contribution in [2.75, 3.05) is 0 Å². The van der Waals surface area contributed by atoms with Crippen LogP contribution in [0.4, 0.5) is 4.39 Å². The quantitative estimate of drug-likeness (QED) is 0.654. The van der Waals surface area contributed by atoms with Crippen LogP contribution in [-0.2, 0) is 0 Å². The van der Waals surface area contributed by atoms with Crippen molar-refractivity contribution in [2.45, 2.75) is 18.4 Å². The van der Waals surface area contributed by atoms with Gasteiger partial charge in [0.05, 0.1) is 6.10 Å². The maximum Gasteiger partial charge on any atom is 0.127 e. The molecule has 1 aromatic rings. The summed E-state index contributed by atoms with van der Waals surface area (Å²) in [5, 5.41) is 9.54. The highest BCUT2D eigenvalue weighted by Crippen LogP contribution is 2.30. The van der Waals surface area contributed by atoms with Crippen molar-refractivity contribution in [3.05, 3.63) is 47.8 Å². The lowest BCUT2D eigenvalue weighted by Gasteiger charge is -2.14. The summed E-state index contributed by atoms with van der Waals surface area (Å²) in [5.74, 6) is -0.403. The van der Waals surface area contributed by atoms with Gasteiger partial charge in [0.15, 0.2) is 0 Å². The van der Waals surface area contributed by atoms with Gasteiger partial charge in [-0.1, -0.05) is 30.4 Å². The van der Waals surface area contributed by atoms with E-state index in [1.807, 2.05) is 12.2 Å². The first-order chi connectivity index (χ1) is 6.29. The van der Waals surface area contributed by atoms with E-state index in [1.54, 1.807) is 18.2 Å². The third-order valence-corrected chi connectivity index (χ3v) is 2.40. The molecule has 0 saturated carbocycles. The minimum absolute atomic E-state index is 0.166. The van der Waals surface area contributed by atoms with E-state index in [-0.39, 0.29) is 11.7 Å². The minimum Gasteiger partial charge on any atom is -0.392 e. The maximum atomic E-state index is 13.3. The van der Waals surface area contributed by atoms with Gasteiger partial charge in [-0.2, -0.15) is 0 Å². The van der Waals surface area contributed by atoms with Crippen LogP contribution in [0.1, 0.15) is 17.9 Å². The van der Waals surface area contributed by atoms with Crippen LogP contribution in [-0.4, -0.2) is 11.2 Å². The van der Waals surface area contributed by atoms with Crippen LogP contribution >= 0.6 is 0 Å². The van der Waals surface area contributed by atoms with Crippen LogP contribution in [0.25, 0.3) is 0 Å². The average molecular weight is 178 g/mol. The van der Waals surface area contributed by atoms with Crippen molar-refractivity contribution in [1.29, 1.82) is 0 Å². The van der Waals surface area contributed by atoms with Crippen molar-refractivity contribution in [1.82, 2.24) is 0 Å². The van der Waals surface area contributed by atoms with Crippen molar-refractivity contribution < 1.29 is 9.50 Å². The van der Waals surface area contributed by atoms with Crippen LogP contribution < -0.4 is 0 Å². The molecule has 1 aliphatic rings. The summed E-state index contributed by atoms with van der Waals surface area (Å²) >= 11 is 0. The van der Waals surface area contributed by atoms with E-state index in [0.29, 0.717) is 12.0 Å². The lowest BCUT2D eigenvalue weighted by molar-refractivity contribution is 0.170. The normalized spacial score (nSPS) is 26.6. The molecular weight excluding hydrogens is 167 g/mol. The molecule has 0 aromatic heterocycles. The van der Waals surface area contributed by atoms with Crippen molar-refractivity contribution in [3.63, 3.8) is 0 Å². The summed E-state index contributed by atoms with van der Waals surface area (Å²) < 4.78 is 13.3. The summed E-state index contributed by atoms with van der Waals surface area (Å²) in [6.45, 7) is 0. The molecule has 2 rings (SSSR count). The zero-order valence-corrected chi connectivity index (χ0v) is 7.15. The molecule has 0 fully saturated rings. The first-order valence-electron chi connectivity index (χ1n) is 4.38. The molecule has 0 bridgehead atoms. The van der Waals surface area contributed by atoms with Gasteiger partial charge in [-0.3, -0.25) is 0 Å². The molecule has 0 aliphatic heterocycles. The fraction of sp³-hybridized carbons (Fsp3) is 0.273. The standard InChI is InChI=1S/C11H11FO/c12-10-6-2-1-4-8(10)9-5-3-7-11(9)13/h1-6,9,11,13H,7H2/t9-,11+/m0/s1. The smallest absolute Gasteiger partial charge is 0.127 e. The number of hydrogen-bond donors (Lipinski definition) is 1. The number of halogens is 1. The lowest BCUT2D eigenvalue weighted by atomic mass is 9.96. The van der Waals surface area contributed by atoms with Gasteiger partial charge in [-0.15, -0.1) is 0 Å². The molecule has 0 unspecified atom stereocenters. The van der Waals surface area contributed by atoms with Crippen LogP contribution in [0.3, 0.4) is 0 Å². The Labute approximate surface area is 76.5 Å². The third kappa shape index (κ3) is 1.49. The molecule has 2 atom stereocenters. The van der Waals surface area contributed by atoms with Crippen LogP contribution in [0.5, 0.6) is 0 Å². The summed E-state index contributed by atoms with van der Waals surface area (Å²) in [5.41, 5.74) is 0.587. The first kappa shape index (κ1) is 8.45. The van der Waals surface area contributed by atoms with E-state index in [0.717, 1.165) is 0 Å². The fourth-order valence-electron chi connectivity index (χ4n) is 1.70. The number of aliphatic hydroxyl groups is 1. The Balaban J connectivity index is 2.35. The molecular formula is C11H11FO. The number of hydrogen-bond acceptors (Lipinski definition) is 1. The lowest BCUT2D eigenvalue weighted by Crippen LogP contribution is -2.12. The van der Waals surface area contributed by atoms with Crippen LogP contribution in [0, 0.1) is 5.82 Å². The van der Waals surface area contributed by atoms with Gasteiger partial charge in [0.2, 0.25) is 0 Å². The number of benzene rings is 1. The molecule has 1 aromatic carbocycles. The Bertz CT molecular complexity index is 333. The van der Waals surface area contributed by atoms with Crippen molar-refractivity contribution >= 4 is 0 Å². The second-order valence-electron chi connectivity index (χ2n) is 3.28. The first-order valence-corrected chi connectivity index (χ1v) is 4.38. The molecule has 2 heteroatoms. The molecule has 0 amide bonds. The molecule has 1 N–H and O–H groups in total. The largest absolute Gasteiger partial charge is 0.392 e. The molecule has 0 saturated heterocycles. The molecule has 13 heavy (non-hydrogen) atoms. The summed E-state index contributed by atoms with van der Waals surface area (Å²) in [7, 11) is 0. The van der Waals surface area contributed by atoms with Gasteiger partial charge >= 0.3 is 0 Å². The minimum atomic E-state index is -0.461. The van der Waals surface area contributed by atoms with Gasteiger partial charge < -0.3 is 5.11 Å². The van der Waals surface area contributed by atoms with Gasteiger partial charge in [0.1, 0.15) is 5.82 Å². The second kappa shape index (κ2) is 3.30. The predicted octanol–water partition coefficient (Wildman–Crippen LogP) is 2.23. The summed E-state index contributed by atoms with van der Waals surface area (Å²) in [6, 6.07) is 6.59. The topological polar surface area (TPSA) is 20.2 Å². The van der Waals surface area contributed by atoms with E-state index in [4.69, 9.17) is 0 Å². The summed E-state index contributed by atoms with van der Waals surface area (Å²) in [4.78, 5) is 0. The zero-order valence-electron chi connectivity index (χ0n) is 7.15. The van der Waals surface area contributed by atoms with Gasteiger partial charge in [-0.25, -0.2) is 4.39 Å². The van der Waals surface area contributed by atoms with E-state index < -0.39 is 6.10 Å². The maximum absolute atomic E-state index is 13.3. The molecule has 0 spiro atoms. The van der Waals surface area contributed by atoms with Crippen molar-refractivity contribution in [3.8, 4) is 0 Å². The molecule has 1 nitrogen and oxygen atoms in total. The van der Waals surface area contributed by atoms with E-state index in [1.165, 1.54) is 6.07 Å². The number of rotatable bonds is 1. The molecule has 0 radical (unpaired) electrons. The SMILES string of the molecule is O[C@@H]1CC=C[C@H]1c1ccccc1F. The van der Waals surface area contributed by atoms with E-state index in [9.17, 15) is 9.50 Å². The molecule has 1 aliphatic carbocycles. The van der Waals surface area contributed by atoms with Gasteiger partial charge in [0, 0.05) is 5.92 Å². The Morgan fingerprint density at radius 3 is 2.69 bits per heavy atom. The second-order valence-corrected chi connectivity index (χ2v) is 3.28. The highest BCUT2D eigenvalue weighted by atomic mass is 19.1. The highest BCUT2D eigenvalue weighted by molar-refractivity contribution is 5.29. The fourth-order valence-corrected chi connectivity index (χ4v) is 1.70. The van der Waals surface area contributed by atoms with Gasteiger partial charge in [0.25, 0.3) is 0 Å². The Morgan fingerprint density at radius 1 is 1.31 bits per heavy atom. The van der Waals surface area contributed by atoms with E-state index in [2.05, 4.69) is 0 Å². The van der Waals surface area contributed by atoms with Crippen LogP contribution in [0.2, 0.25) is 0 Å². The average Bonchev–Trinajstić information content (AvgIpc) is 2.52. The third-order valence-electron chi connectivity index (χ3n) is 2.40. The highest BCUT2D eigenvalue weighted by Gasteiger charge is 2.23. The summed E-state index contributed by atoms with van der Waals surface area (Å²) in [6.07, 6.45) is 3.92. The zero-order chi connectivity index (χ0) is 9.26. The van der Waals surface area contributed by atoms with Gasteiger partial charge in [-0.05, 0) is 18.1 Å². The monoisotopic (exact) mass is 178 g/mol. The van der Waals surface area contributed by atoms with Crippen LogP contribution in [0.15, 0.2) is 36.4 Å². The predicted molar refractivity (Wildman–Crippen MR) is 48.9 cm³/mol. The van der Waals surface area contributed by atoms with E-state index >= 15 is 0 Å². The van der Waals surface area contributed by atoms with Crippen molar-refractivity contribution in [2.24, 2.45) is 0 Å². The Hall–Kier alpha value is -1.15. The molecule has 0 heterocycles. The molecule has 68 valence electrons. The number of aliphatic hydroxyl groups excluding tert-OH is 1. The Morgan fingerprint density at radius 2 is 2.08 bits per heavy atom.